The zero-order valence-corrected chi connectivity index (χ0v) is 20.7. The lowest BCUT2D eigenvalue weighted by Gasteiger charge is -2.33. The molecule has 4 aromatic heterocycles. The van der Waals surface area contributed by atoms with Gasteiger partial charge in [-0.3, -0.25) is 9.38 Å². The van der Waals surface area contributed by atoms with Crippen molar-refractivity contribution in [2.45, 2.75) is 44.3 Å². The molecule has 0 amide bonds. The van der Waals surface area contributed by atoms with Gasteiger partial charge >= 0.3 is 0 Å². The Morgan fingerprint density at radius 2 is 1.86 bits per heavy atom. The summed E-state index contributed by atoms with van der Waals surface area (Å²) in [6, 6.07) is 13.8. The molecule has 1 N–H and O–H groups in total. The SMILES string of the molecule is Cc1ccc(OC2CCN(c3ccc(-c4cc(OCC5(O)CC5)cc5ncc(C#N)n45)cn3)CC2)cn1. The maximum atomic E-state index is 10.2. The van der Waals surface area contributed by atoms with E-state index >= 15 is 0 Å². The second-order valence-corrected chi connectivity index (χ2v) is 9.88. The summed E-state index contributed by atoms with van der Waals surface area (Å²) in [5.74, 6) is 2.32. The lowest BCUT2D eigenvalue weighted by molar-refractivity contribution is 0.0857. The lowest BCUT2D eigenvalue weighted by Crippen LogP contribution is -2.38. The Hall–Kier alpha value is -4.16. The molecule has 4 aromatic rings. The molecule has 0 bridgehead atoms. The number of hydrogen-bond donors (Lipinski definition) is 1. The fourth-order valence-electron chi connectivity index (χ4n) is 4.61. The van der Waals surface area contributed by atoms with Crippen molar-refractivity contribution in [2.24, 2.45) is 0 Å². The number of fused-ring (bicyclic) bond motifs is 1. The lowest BCUT2D eigenvalue weighted by atomic mass is 10.1. The first kappa shape index (κ1) is 23.3. The number of rotatable bonds is 7. The third kappa shape index (κ3) is 4.93. The molecule has 2 aliphatic rings. The normalized spacial score (nSPS) is 16.9. The molecule has 188 valence electrons. The van der Waals surface area contributed by atoms with Gasteiger partial charge in [-0.25, -0.2) is 9.97 Å². The van der Waals surface area contributed by atoms with Crippen LogP contribution in [0.4, 0.5) is 5.82 Å². The molecule has 0 aromatic carbocycles. The van der Waals surface area contributed by atoms with Gasteiger partial charge in [0.2, 0.25) is 0 Å². The van der Waals surface area contributed by atoms with Crippen molar-refractivity contribution in [3.8, 4) is 28.8 Å². The van der Waals surface area contributed by atoms with Gasteiger partial charge in [0.05, 0.1) is 23.7 Å². The number of imidazole rings is 1. The molecular formula is C28H28N6O3. The van der Waals surface area contributed by atoms with Crippen molar-refractivity contribution in [3.63, 3.8) is 0 Å². The number of ether oxygens (including phenoxy) is 2. The average Bonchev–Trinajstić information content (AvgIpc) is 3.52. The van der Waals surface area contributed by atoms with E-state index in [1.165, 1.54) is 0 Å². The van der Waals surface area contributed by atoms with Gasteiger partial charge < -0.3 is 19.5 Å². The Morgan fingerprint density at radius 3 is 2.54 bits per heavy atom. The van der Waals surface area contributed by atoms with Crippen LogP contribution in [-0.4, -0.2) is 55.9 Å². The first-order valence-corrected chi connectivity index (χ1v) is 12.6. The summed E-state index contributed by atoms with van der Waals surface area (Å²) in [5.41, 5.74) is 2.92. The zero-order chi connectivity index (χ0) is 25.4. The molecule has 1 saturated carbocycles. The molecule has 0 atom stereocenters. The van der Waals surface area contributed by atoms with Crippen LogP contribution < -0.4 is 14.4 Å². The van der Waals surface area contributed by atoms with Crippen LogP contribution in [0.1, 0.15) is 37.1 Å². The van der Waals surface area contributed by atoms with E-state index in [9.17, 15) is 10.4 Å². The molecule has 5 heterocycles. The summed E-state index contributed by atoms with van der Waals surface area (Å²) in [5, 5.41) is 19.8. The predicted octanol–water partition coefficient (Wildman–Crippen LogP) is 3.92. The molecule has 9 heteroatoms. The maximum Gasteiger partial charge on any atom is 0.145 e. The quantitative estimate of drug-likeness (QED) is 0.410. The topological polar surface area (TPSA) is 109 Å². The third-order valence-electron chi connectivity index (χ3n) is 7.03. The van der Waals surface area contributed by atoms with E-state index in [4.69, 9.17) is 14.5 Å². The van der Waals surface area contributed by atoms with Gasteiger partial charge in [0.25, 0.3) is 0 Å². The van der Waals surface area contributed by atoms with Crippen LogP contribution >= 0.6 is 0 Å². The highest BCUT2D eigenvalue weighted by atomic mass is 16.5. The fourth-order valence-corrected chi connectivity index (χ4v) is 4.61. The van der Waals surface area contributed by atoms with Gasteiger partial charge in [0, 0.05) is 55.5 Å². The Kier molecular flexibility index (Phi) is 5.89. The molecule has 0 spiro atoms. The number of aromatic nitrogens is 4. The van der Waals surface area contributed by atoms with Crippen molar-refractivity contribution >= 4 is 11.5 Å². The highest BCUT2D eigenvalue weighted by Crippen LogP contribution is 2.36. The highest BCUT2D eigenvalue weighted by Gasteiger charge is 2.41. The van der Waals surface area contributed by atoms with Gasteiger partial charge in [0.1, 0.15) is 47.4 Å². The second-order valence-electron chi connectivity index (χ2n) is 9.88. The smallest absolute Gasteiger partial charge is 0.145 e. The molecule has 9 nitrogen and oxygen atoms in total. The van der Waals surface area contributed by atoms with Crippen LogP contribution in [0.25, 0.3) is 16.9 Å². The maximum absolute atomic E-state index is 10.2. The van der Waals surface area contributed by atoms with Crippen molar-refractivity contribution in [3.05, 3.63) is 66.4 Å². The molecule has 1 saturated heterocycles. The minimum Gasteiger partial charge on any atom is -0.490 e. The second kappa shape index (κ2) is 9.37. The standard InChI is InChI=1S/C28H28N6O3/c1-19-2-4-23(17-30-19)37-22-6-10-33(11-7-22)26-5-3-20(15-31-26)25-12-24(36-18-28(35)8-9-28)13-27-32-16-21(14-29)34(25)27/h2-5,12-13,15-17,22,35H,6-11,18H2,1H3. The van der Waals surface area contributed by atoms with Crippen LogP contribution in [-0.2, 0) is 0 Å². The minimum absolute atomic E-state index is 0.162. The summed E-state index contributed by atoms with van der Waals surface area (Å²) in [6.07, 6.45) is 8.64. The number of aliphatic hydroxyl groups is 1. The Bertz CT molecular complexity index is 1450. The van der Waals surface area contributed by atoms with Crippen LogP contribution in [0.2, 0.25) is 0 Å². The van der Waals surface area contributed by atoms with Gasteiger partial charge in [0.15, 0.2) is 0 Å². The van der Waals surface area contributed by atoms with Crippen LogP contribution in [0.3, 0.4) is 0 Å². The number of anilines is 1. The summed E-state index contributed by atoms with van der Waals surface area (Å²) in [4.78, 5) is 15.7. The Labute approximate surface area is 214 Å². The first-order chi connectivity index (χ1) is 18.0. The van der Waals surface area contributed by atoms with Gasteiger partial charge in [-0.15, -0.1) is 0 Å². The van der Waals surface area contributed by atoms with E-state index in [1.54, 1.807) is 22.9 Å². The molecule has 1 aliphatic carbocycles. The number of nitriles is 1. The van der Waals surface area contributed by atoms with Gasteiger partial charge in [-0.05, 0) is 44.0 Å². The Balaban J connectivity index is 1.18. The summed E-state index contributed by atoms with van der Waals surface area (Å²) >= 11 is 0. The molecule has 37 heavy (non-hydrogen) atoms. The van der Waals surface area contributed by atoms with E-state index in [1.807, 2.05) is 43.5 Å². The first-order valence-electron chi connectivity index (χ1n) is 12.6. The molecule has 6 rings (SSSR count). The number of piperidine rings is 1. The van der Waals surface area contributed by atoms with E-state index in [-0.39, 0.29) is 12.7 Å². The van der Waals surface area contributed by atoms with E-state index in [2.05, 4.69) is 20.9 Å². The monoisotopic (exact) mass is 496 g/mol. The van der Waals surface area contributed by atoms with Crippen molar-refractivity contribution < 1.29 is 14.6 Å². The minimum atomic E-state index is -0.724. The highest BCUT2D eigenvalue weighted by molar-refractivity contribution is 5.68. The Morgan fingerprint density at radius 1 is 1.03 bits per heavy atom. The van der Waals surface area contributed by atoms with E-state index in [0.717, 1.165) is 67.3 Å². The third-order valence-corrected chi connectivity index (χ3v) is 7.03. The number of pyridine rings is 3. The summed E-state index contributed by atoms with van der Waals surface area (Å²) < 4.78 is 13.8. The number of nitrogens with zero attached hydrogens (tertiary/aromatic N) is 6. The summed E-state index contributed by atoms with van der Waals surface area (Å²) in [6.45, 7) is 3.91. The fraction of sp³-hybridized carbons (Fsp3) is 0.357. The van der Waals surface area contributed by atoms with Crippen molar-refractivity contribution in [1.82, 2.24) is 19.4 Å². The zero-order valence-electron chi connectivity index (χ0n) is 20.7. The van der Waals surface area contributed by atoms with Crippen molar-refractivity contribution in [1.29, 1.82) is 5.26 Å². The van der Waals surface area contributed by atoms with Gasteiger partial charge in [-0.1, -0.05) is 0 Å². The van der Waals surface area contributed by atoms with Gasteiger partial charge in [-0.2, -0.15) is 5.26 Å². The largest absolute Gasteiger partial charge is 0.490 e. The van der Waals surface area contributed by atoms with Crippen LogP contribution in [0.15, 0.2) is 55.0 Å². The summed E-state index contributed by atoms with van der Waals surface area (Å²) in [7, 11) is 0. The molecular weight excluding hydrogens is 468 g/mol. The average molecular weight is 497 g/mol. The molecule has 0 radical (unpaired) electrons. The van der Waals surface area contributed by atoms with Crippen LogP contribution in [0, 0.1) is 18.3 Å². The molecule has 2 fully saturated rings. The molecule has 1 aliphatic heterocycles. The predicted molar refractivity (Wildman–Crippen MR) is 138 cm³/mol. The molecule has 0 unspecified atom stereocenters. The number of aryl methyl sites for hydroxylation is 1. The number of hydrogen-bond acceptors (Lipinski definition) is 8. The van der Waals surface area contributed by atoms with E-state index in [0.29, 0.717) is 17.1 Å². The van der Waals surface area contributed by atoms with Crippen LogP contribution in [0.5, 0.6) is 11.5 Å². The van der Waals surface area contributed by atoms with E-state index < -0.39 is 5.60 Å². The van der Waals surface area contributed by atoms with Crippen molar-refractivity contribution in [2.75, 3.05) is 24.6 Å².